The molecule has 1 aromatic heterocycles. The third-order valence-electron chi connectivity index (χ3n) is 5.32. The van der Waals surface area contributed by atoms with E-state index in [2.05, 4.69) is 15.0 Å². The predicted molar refractivity (Wildman–Crippen MR) is 96.2 cm³/mol. The maximum atomic E-state index is 12.9. The van der Waals surface area contributed by atoms with E-state index in [-0.39, 0.29) is 41.1 Å². The highest BCUT2D eigenvalue weighted by Crippen LogP contribution is 2.39. The highest BCUT2D eigenvalue weighted by atomic mass is 19.4. The highest BCUT2D eigenvalue weighted by molar-refractivity contribution is 5.96. The minimum Gasteiger partial charge on any atom is -0.406 e. The topological polar surface area (TPSA) is 71.5 Å². The normalized spacial score (nSPS) is 23.1. The molecule has 152 valence electrons. The lowest BCUT2D eigenvalue weighted by Gasteiger charge is -2.33. The maximum absolute atomic E-state index is 12.9. The van der Waals surface area contributed by atoms with Gasteiger partial charge in [-0.05, 0) is 55.2 Å². The summed E-state index contributed by atoms with van der Waals surface area (Å²) in [6.45, 7) is 0.573. The van der Waals surface area contributed by atoms with Crippen LogP contribution in [0.4, 0.5) is 13.2 Å². The number of likely N-dealkylation sites (tertiary alicyclic amines) is 1. The number of carbonyl (C=O) groups excluding carboxylic acids is 2. The summed E-state index contributed by atoms with van der Waals surface area (Å²) in [6, 6.07) is 7.92. The molecule has 3 unspecified atom stereocenters. The molecule has 2 aliphatic rings. The molecule has 1 N–H and O–H groups in total. The van der Waals surface area contributed by atoms with Gasteiger partial charge in [0.15, 0.2) is 0 Å². The third-order valence-corrected chi connectivity index (χ3v) is 5.32. The molecule has 2 amide bonds. The molecule has 0 radical (unpaired) electrons. The van der Waals surface area contributed by atoms with Gasteiger partial charge in [0.2, 0.25) is 0 Å². The number of carbonyl (C=O) groups is 2. The number of hydrogen-bond donors (Lipinski definition) is 1. The lowest BCUT2D eigenvalue weighted by molar-refractivity contribution is -0.274. The van der Waals surface area contributed by atoms with Gasteiger partial charge in [0.25, 0.3) is 11.8 Å². The number of piperidine rings is 1. The molecule has 2 bridgehead atoms. The number of nitrogens with zero attached hydrogens (tertiary/aromatic N) is 2. The van der Waals surface area contributed by atoms with Crippen molar-refractivity contribution >= 4 is 11.8 Å². The summed E-state index contributed by atoms with van der Waals surface area (Å²) >= 11 is 0. The molecule has 2 heterocycles. The van der Waals surface area contributed by atoms with Crippen LogP contribution in [0, 0.1) is 5.92 Å². The Bertz CT molecular complexity index is 903. The quantitative estimate of drug-likeness (QED) is 0.849. The number of alkyl halides is 3. The Morgan fingerprint density at radius 2 is 1.86 bits per heavy atom. The standard InChI is InChI=1S/C20H18F3N3O3/c21-20(22,23)29-15-5-3-13(4-6-15)19(28)26-11-12-8-16(17(26)9-12)25-18(27)14-2-1-7-24-10-14/h1-7,10,12,16-17H,8-9,11H2,(H,25,27). The van der Waals surface area contributed by atoms with Crippen LogP contribution < -0.4 is 10.1 Å². The number of pyridine rings is 1. The molecule has 29 heavy (non-hydrogen) atoms. The van der Waals surface area contributed by atoms with Gasteiger partial charge in [-0.1, -0.05) is 0 Å². The van der Waals surface area contributed by atoms with Gasteiger partial charge in [0, 0.05) is 30.5 Å². The number of amides is 2. The van der Waals surface area contributed by atoms with E-state index in [0.29, 0.717) is 12.1 Å². The van der Waals surface area contributed by atoms with Crippen LogP contribution >= 0.6 is 0 Å². The van der Waals surface area contributed by atoms with E-state index in [0.717, 1.165) is 25.0 Å². The fourth-order valence-corrected chi connectivity index (χ4v) is 4.13. The van der Waals surface area contributed by atoms with E-state index in [1.165, 1.54) is 18.3 Å². The van der Waals surface area contributed by atoms with Crippen LogP contribution in [0.5, 0.6) is 5.75 Å². The molecule has 1 saturated carbocycles. The first kappa shape index (κ1) is 19.2. The van der Waals surface area contributed by atoms with Crippen molar-refractivity contribution < 1.29 is 27.5 Å². The summed E-state index contributed by atoms with van der Waals surface area (Å²) in [7, 11) is 0. The van der Waals surface area contributed by atoms with Crippen LogP contribution in [0.1, 0.15) is 33.6 Å². The van der Waals surface area contributed by atoms with Crippen LogP contribution in [0.3, 0.4) is 0 Å². The van der Waals surface area contributed by atoms with Crippen LogP contribution in [0.2, 0.25) is 0 Å². The summed E-state index contributed by atoms with van der Waals surface area (Å²) in [6.07, 6.45) is -0.132. The molecule has 4 rings (SSSR count). The van der Waals surface area contributed by atoms with Crippen molar-refractivity contribution in [1.29, 1.82) is 0 Å². The zero-order valence-electron chi connectivity index (χ0n) is 15.2. The van der Waals surface area contributed by atoms with E-state index in [1.54, 1.807) is 23.2 Å². The molecule has 3 atom stereocenters. The number of hydrogen-bond acceptors (Lipinski definition) is 4. The van der Waals surface area contributed by atoms with Crippen molar-refractivity contribution in [2.45, 2.75) is 31.3 Å². The number of rotatable bonds is 4. The van der Waals surface area contributed by atoms with Gasteiger partial charge in [0.1, 0.15) is 5.75 Å². The molecular formula is C20H18F3N3O3. The zero-order valence-corrected chi connectivity index (χ0v) is 15.2. The third kappa shape index (κ3) is 4.18. The number of fused-ring (bicyclic) bond motifs is 2. The van der Waals surface area contributed by atoms with E-state index in [9.17, 15) is 22.8 Å². The van der Waals surface area contributed by atoms with Crippen LogP contribution in [-0.4, -0.2) is 46.7 Å². The Kier molecular flexibility index (Phi) is 4.89. The Balaban J connectivity index is 1.43. The molecular weight excluding hydrogens is 387 g/mol. The van der Waals surface area contributed by atoms with E-state index in [1.807, 2.05) is 0 Å². The van der Waals surface area contributed by atoms with Crippen molar-refractivity contribution in [3.8, 4) is 5.75 Å². The number of halogens is 3. The summed E-state index contributed by atoms with van der Waals surface area (Å²) in [4.78, 5) is 30.9. The molecule has 9 heteroatoms. The molecule has 0 spiro atoms. The van der Waals surface area contributed by atoms with Gasteiger partial charge in [-0.2, -0.15) is 0 Å². The van der Waals surface area contributed by atoms with Crippen LogP contribution in [0.25, 0.3) is 0 Å². The highest BCUT2D eigenvalue weighted by Gasteiger charge is 2.47. The Hall–Kier alpha value is -3.10. The monoisotopic (exact) mass is 405 g/mol. The molecule has 1 saturated heterocycles. The van der Waals surface area contributed by atoms with E-state index in [4.69, 9.17) is 0 Å². The van der Waals surface area contributed by atoms with Gasteiger partial charge in [-0.15, -0.1) is 13.2 Å². The average Bonchev–Trinajstić information content (AvgIpc) is 3.28. The predicted octanol–water partition coefficient (Wildman–Crippen LogP) is 3.01. The summed E-state index contributed by atoms with van der Waals surface area (Å²) in [5.41, 5.74) is 0.734. The Morgan fingerprint density at radius 3 is 2.48 bits per heavy atom. The number of benzene rings is 1. The van der Waals surface area contributed by atoms with Crippen molar-refractivity contribution in [2.24, 2.45) is 5.92 Å². The molecule has 6 nitrogen and oxygen atoms in total. The van der Waals surface area contributed by atoms with E-state index < -0.39 is 6.36 Å². The zero-order chi connectivity index (χ0) is 20.6. The van der Waals surface area contributed by atoms with Gasteiger partial charge in [-0.3, -0.25) is 14.6 Å². The molecule has 1 aromatic carbocycles. The van der Waals surface area contributed by atoms with Crippen LogP contribution in [0.15, 0.2) is 48.8 Å². The lowest BCUT2D eigenvalue weighted by atomic mass is 10.0. The summed E-state index contributed by atoms with van der Waals surface area (Å²) in [5, 5.41) is 2.98. The maximum Gasteiger partial charge on any atom is 0.573 e. The van der Waals surface area contributed by atoms with Gasteiger partial charge in [-0.25, -0.2) is 0 Å². The first-order valence-electron chi connectivity index (χ1n) is 9.18. The van der Waals surface area contributed by atoms with Crippen molar-refractivity contribution in [2.75, 3.05) is 6.54 Å². The Morgan fingerprint density at radius 1 is 1.10 bits per heavy atom. The molecule has 2 fully saturated rings. The van der Waals surface area contributed by atoms with Crippen molar-refractivity contribution in [3.05, 3.63) is 59.9 Å². The average molecular weight is 405 g/mol. The molecule has 1 aliphatic heterocycles. The fourth-order valence-electron chi connectivity index (χ4n) is 4.13. The number of ether oxygens (including phenoxy) is 1. The number of aromatic nitrogens is 1. The van der Waals surface area contributed by atoms with Gasteiger partial charge >= 0.3 is 6.36 Å². The van der Waals surface area contributed by atoms with Gasteiger partial charge < -0.3 is 15.0 Å². The minimum absolute atomic E-state index is 0.140. The smallest absolute Gasteiger partial charge is 0.406 e. The lowest BCUT2D eigenvalue weighted by Crippen LogP contribution is -2.52. The molecule has 2 aromatic rings. The SMILES string of the molecule is O=C(NC1CC2CC1N(C(=O)c1ccc(OC(F)(F)F)cc1)C2)c1cccnc1. The first-order chi connectivity index (χ1) is 13.8. The fraction of sp³-hybridized carbons (Fsp3) is 0.350. The second kappa shape index (κ2) is 7.38. The largest absolute Gasteiger partial charge is 0.573 e. The Labute approximate surface area is 164 Å². The van der Waals surface area contributed by atoms with E-state index >= 15 is 0 Å². The second-order valence-electron chi connectivity index (χ2n) is 7.26. The summed E-state index contributed by atoms with van der Waals surface area (Å²) < 4.78 is 40.7. The molecule has 1 aliphatic carbocycles. The second-order valence-corrected chi connectivity index (χ2v) is 7.26. The van der Waals surface area contributed by atoms with Gasteiger partial charge in [0.05, 0.1) is 11.6 Å². The minimum atomic E-state index is -4.78. The summed E-state index contributed by atoms with van der Waals surface area (Å²) in [5.74, 6) is -0.595. The number of nitrogens with one attached hydrogen (secondary N) is 1. The van der Waals surface area contributed by atoms with Crippen LogP contribution in [-0.2, 0) is 0 Å². The van der Waals surface area contributed by atoms with Crippen molar-refractivity contribution in [1.82, 2.24) is 15.2 Å². The first-order valence-corrected chi connectivity index (χ1v) is 9.18. The van der Waals surface area contributed by atoms with Crippen molar-refractivity contribution in [3.63, 3.8) is 0 Å².